The van der Waals surface area contributed by atoms with Crippen molar-refractivity contribution in [1.29, 1.82) is 0 Å². The first-order valence-corrected chi connectivity index (χ1v) is 11.7. The lowest BCUT2D eigenvalue weighted by Crippen LogP contribution is -2.30. The van der Waals surface area contributed by atoms with Gasteiger partial charge in [0, 0.05) is 10.0 Å². The molecule has 9 nitrogen and oxygen atoms in total. The van der Waals surface area contributed by atoms with Gasteiger partial charge in [-0.05, 0) is 42.8 Å². The Morgan fingerprint density at radius 3 is 2.56 bits per heavy atom. The highest BCUT2D eigenvalue weighted by Gasteiger charge is 2.34. The fourth-order valence-electron chi connectivity index (χ4n) is 3.54. The second-order valence-electron chi connectivity index (χ2n) is 7.94. The van der Waals surface area contributed by atoms with E-state index in [4.69, 9.17) is 13.9 Å². The van der Waals surface area contributed by atoms with Gasteiger partial charge >= 0.3 is 12.0 Å². The number of amides is 3. The molecule has 2 aromatic carbocycles. The molecule has 0 atom stereocenters. The molecule has 4 rings (SSSR count). The van der Waals surface area contributed by atoms with Gasteiger partial charge < -0.3 is 23.9 Å². The molecule has 2 heterocycles. The first-order valence-electron chi connectivity index (χ1n) is 10.9. The third-order valence-corrected chi connectivity index (χ3v) is 5.85. The minimum atomic E-state index is -0.652. The molecule has 0 aliphatic carbocycles. The summed E-state index contributed by atoms with van der Waals surface area (Å²) in [5.41, 5.74) is 2.69. The van der Waals surface area contributed by atoms with Gasteiger partial charge in [-0.1, -0.05) is 45.8 Å². The van der Waals surface area contributed by atoms with E-state index in [-0.39, 0.29) is 30.4 Å². The summed E-state index contributed by atoms with van der Waals surface area (Å²) in [6.07, 6.45) is 1.53. The maximum absolute atomic E-state index is 13.0. The van der Waals surface area contributed by atoms with Crippen molar-refractivity contribution in [3.8, 4) is 11.5 Å². The van der Waals surface area contributed by atoms with E-state index >= 15 is 0 Å². The van der Waals surface area contributed by atoms with Gasteiger partial charge in [0.25, 0.3) is 5.91 Å². The van der Waals surface area contributed by atoms with E-state index in [1.165, 1.54) is 32.4 Å². The van der Waals surface area contributed by atoms with Crippen molar-refractivity contribution in [3.63, 3.8) is 0 Å². The van der Waals surface area contributed by atoms with Crippen LogP contribution in [0.15, 0.2) is 63.1 Å². The number of nitrogens with one attached hydrogen (secondary N) is 1. The van der Waals surface area contributed by atoms with E-state index < -0.39 is 17.9 Å². The average Bonchev–Trinajstić information content (AvgIpc) is 3.44. The molecule has 1 N–H and O–H groups in total. The first kappa shape index (κ1) is 25.1. The van der Waals surface area contributed by atoms with Gasteiger partial charge in [0.05, 0.1) is 20.8 Å². The van der Waals surface area contributed by atoms with Crippen LogP contribution in [0.4, 0.5) is 4.79 Å². The minimum absolute atomic E-state index is 0.0214. The summed E-state index contributed by atoms with van der Waals surface area (Å²) in [7, 11) is 2.75. The smallest absolute Gasteiger partial charge is 0.373 e. The fourth-order valence-corrected chi connectivity index (χ4v) is 4.00. The third-order valence-electron chi connectivity index (χ3n) is 5.40. The highest BCUT2D eigenvalue weighted by Crippen LogP contribution is 2.37. The molecule has 0 saturated carbocycles. The van der Waals surface area contributed by atoms with Gasteiger partial charge in [0.15, 0.2) is 11.5 Å². The topological polar surface area (TPSA) is 107 Å². The van der Waals surface area contributed by atoms with E-state index in [1.807, 2.05) is 31.2 Å². The summed E-state index contributed by atoms with van der Waals surface area (Å²) in [5, 5.41) is 2.58. The number of aryl methyl sites for hydroxylation is 1. The maximum atomic E-state index is 13.0. The zero-order valence-corrected chi connectivity index (χ0v) is 21.4. The van der Waals surface area contributed by atoms with Crippen molar-refractivity contribution in [1.82, 2.24) is 10.2 Å². The molecule has 10 heteroatoms. The average molecular weight is 555 g/mol. The maximum Gasteiger partial charge on any atom is 0.373 e. The summed E-state index contributed by atoms with van der Waals surface area (Å²) in [6.45, 7) is 2.13. The highest BCUT2D eigenvalue weighted by atomic mass is 79.9. The Bertz CT molecular complexity index is 1340. The van der Waals surface area contributed by atoms with Crippen LogP contribution in [0.5, 0.6) is 11.5 Å². The second-order valence-corrected chi connectivity index (χ2v) is 8.85. The normalized spacial score (nSPS) is 14.2. The van der Waals surface area contributed by atoms with Crippen LogP contribution in [0, 0.1) is 6.92 Å². The van der Waals surface area contributed by atoms with E-state index in [0.717, 1.165) is 16.0 Å². The number of halogens is 1. The van der Waals surface area contributed by atoms with E-state index in [2.05, 4.69) is 26.0 Å². The molecule has 0 bridgehead atoms. The Hall–Kier alpha value is -4.05. The lowest BCUT2D eigenvalue weighted by molar-refractivity contribution is -0.123. The molecule has 3 amide bonds. The number of hydrogen-bond acceptors (Lipinski definition) is 7. The Morgan fingerprint density at radius 1 is 1.11 bits per heavy atom. The van der Waals surface area contributed by atoms with Gasteiger partial charge in [-0.2, -0.15) is 0 Å². The van der Waals surface area contributed by atoms with Crippen LogP contribution in [0.3, 0.4) is 0 Å². The summed E-state index contributed by atoms with van der Waals surface area (Å²) in [5.74, 6) is -0.0931. The van der Waals surface area contributed by atoms with E-state index in [9.17, 15) is 14.4 Å². The predicted molar refractivity (Wildman–Crippen MR) is 133 cm³/mol. The lowest BCUT2D eigenvalue weighted by atomic mass is 10.1. The van der Waals surface area contributed by atoms with Crippen LogP contribution in [-0.4, -0.2) is 37.0 Å². The van der Waals surface area contributed by atoms with Crippen molar-refractivity contribution in [2.45, 2.75) is 20.1 Å². The number of esters is 1. The number of urea groups is 1. The van der Waals surface area contributed by atoms with Gasteiger partial charge in [-0.25, -0.2) is 9.59 Å². The largest absolute Gasteiger partial charge is 0.493 e. The van der Waals surface area contributed by atoms with Crippen molar-refractivity contribution < 1.29 is 33.0 Å². The number of carbonyl (C=O) groups excluding carboxylic acids is 3. The standard InChI is InChI=1S/C26H23BrN2O7/c1-15-4-6-16(7-5-15)14-35-23-17(10-18(27)12-22(23)33-2)11-20-24(30)29(26(32)28-20)13-19-8-9-21(36-19)25(31)34-3/h4-12H,13-14H2,1-3H3,(H,28,32)/b20-11+. The van der Waals surface area contributed by atoms with E-state index in [0.29, 0.717) is 21.5 Å². The number of methoxy groups -OCH3 is 2. The van der Waals surface area contributed by atoms with Crippen LogP contribution in [0.25, 0.3) is 6.08 Å². The molecule has 1 aromatic heterocycles. The molecule has 1 aliphatic rings. The van der Waals surface area contributed by atoms with Crippen LogP contribution >= 0.6 is 15.9 Å². The summed E-state index contributed by atoms with van der Waals surface area (Å²) in [6, 6.07) is 13.7. The van der Waals surface area contributed by atoms with Crippen molar-refractivity contribution in [3.05, 3.63) is 86.9 Å². The second kappa shape index (κ2) is 10.7. The van der Waals surface area contributed by atoms with Crippen LogP contribution < -0.4 is 14.8 Å². The Kier molecular flexibility index (Phi) is 7.44. The molecule has 0 spiro atoms. The van der Waals surface area contributed by atoms with Gasteiger partial charge in [-0.3, -0.25) is 9.69 Å². The van der Waals surface area contributed by atoms with Crippen molar-refractivity contribution in [2.75, 3.05) is 14.2 Å². The number of hydrogen-bond donors (Lipinski definition) is 1. The lowest BCUT2D eigenvalue weighted by Gasteiger charge is -2.15. The molecule has 3 aromatic rings. The Morgan fingerprint density at radius 2 is 1.86 bits per heavy atom. The molecule has 1 aliphatic heterocycles. The number of benzene rings is 2. The number of imide groups is 1. The Labute approximate surface area is 215 Å². The summed E-state index contributed by atoms with van der Waals surface area (Å²) < 4.78 is 22.3. The highest BCUT2D eigenvalue weighted by molar-refractivity contribution is 9.10. The number of rotatable bonds is 8. The summed E-state index contributed by atoms with van der Waals surface area (Å²) >= 11 is 3.45. The quantitative estimate of drug-likeness (QED) is 0.241. The van der Waals surface area contributed by atoms with E-state index in [1.54, 1.807) is 12.1 Å². The van der Waals surface area contributed by atoms with Crippen LogP contribution in [0.1, 0.15) is 33.0 Å². The monoisotopic (exact) mass is 554 g/mol. The number of nitrogens with zero attached hydrogens (tertiary/aromatic N) is 1. The van der Waals surface area contributed by atoms with Crippen LogP contribution in [-0.2, 0) is 22.7 Å². The molecule has 1 fully saturated rings. The van der Waals surface area contributed by atoms with Gasteiger partial charge in [0.1, 0.15) is 18.1 Å². The zero-order valence-electron chi connectivity index (χ0n) is 19.8. The first-order chi connectivity index (χ1) is 17.3. The molecule has 36 heavy (non-hydrogen) atoms. The minimum Gasteiger partial charge on any atom is -0.493 e. The summed E-state index contributed by atoms with van der Waals surface area (Å²) in [4.78, 5) is 38.2. The van der Waals surface area contributed by atoms with Crippen molar-refractivity contribution >= 4 is 39.9 Å². The molecular weight excluding hydrogens is 532 g/mol. The number of ether oxygens (including phenoxy) is 3. The molecule has 186 valence electrons. The van der Waals surface area contributed by atoms with Crippen LogP contribution in [0.2, 0.25) is 0 Å². The SMILES string of the molecule is COC(=O)c1ccc(CN2C(=O)N/C(=C/c3cc(Br)cc(OC)c3OCc3ccc(C)cc3)C2=O)o1. The third kappa shape index (κ3) is 5.44. The molecular formula is C26H23BrN2O7. The molecule has 0 radical (unpaired) electrons. The number of carbonyl (C=O) groups is 3. The fraction of sp³-hybridized carbons (Fsp3) is 0.192. The predicted octanol–water partition coefficient (Wildman–Crippen LogP) is 4.82. The molecule has 0 unspecified atom stereocenters. The number of furan rings is 1. The zero-order chi connectivity index (χ0) is 25.8. The van der Waals surface area contributed by atoms with Crippen molar-refractivity contribution in [2.24, 2.45) is 0 Å². The van der Waals surface area contributed by atoms with Gasteiger partial charge in [-0.15, -0.1) is 0 Å². The Balaban J connectivity index is 1.59. The molecule has 1 saturated heterocycles. The van der Waals surface area contributed by atoms with Gasteiger partial charge in [0.2, 0.25) is 5.76 Å².